The molecule has 3 aromatic rings. The molecule has 4 nitrogen and oxygen atoms in total. The SMILES string of the molecule is CCCc1cc(OC(=O)/C=C/c2ccccc2)n(-c2ccc(C)cc2)n1. The van der Waals surface area contributed by atoms with Crippen molar-refractivity contribution in [1.82, 2.24) is 9.78 Å². The van der Waals surface area contributed by atoms with Crippen molar-refractivity contribution >= 4 is 12.0 Å². The molecule has 0 saturated carbocycles. The van der Waals surface area contributed by atoms with Crippen molar-refractivity contribution in [2.45, 2.75) is 26.7 Å². The normalized spacial score (nSPS) is 11.0. The van der Waals surface area contributed by atoms with E-state index in [9.17, 15) is 4.79 Å². The smallest absolute Gasteiger partial charge is 0.337 e. The van der Waals surface area contributed by atoms with Gasteiger partial charge in [-0.1, -0.05) is 61.4 Å². The van der Waals surface area contributed by atoms with Gasteiger partial charge >= 0.3 is 5.97 Å². The highest BCUT2D eigenvalue weighted by atomic mass is 16.5. The number of aryl methyl sites for hydroxylation is 2. The number of nitrogens with zero attached hydrogens (tertiary/aromatic N) is 2. The predicted octanol–water partition coefficient (Wildman–Crippen LogP) is 4.75. The minimum absolute atomic E-state index is 0.426. The molecule has 0 atom stereocenters. The Kier molecular flexibility index (Phi) is 5.64. The molecule has 2 aromatic carbocycles. The van der Waals surface area contributed by atoms with Crippen molar-refractivity contribution in [2.24, 2.45) is 0 Å². The fourth-order valence-electron chi connectivity index (χ4n) is 2.60. The van der Waals surface area contributed by atoms with E-state index in [0.717, 1.165) is 29.8 Å². The molecule has 0 bridgehead atoms. The number of hydrogen-bond acceptors (Lipinski definition) is 3. The fourth-order valence-corrected chi connectivity index (χ4v) is 2.60. The molecule has 0 radical (unpaired) electrons. The largest absolute Gasteiger partial charge is 0.404 e. The minimum Gasteiger partial charge on any atom is -0.404 e. The van der Waals surface area contributed by atoms with Crippen molar-refractivity contribution in [1.29, 1.82) is 0 Å². The maximum absolute atomic E-state index is 12.2. The summed E-state index contributed by atoms with van der Waals surface area (Å²) in [6.45, 7) is 4.13. The molecule has 0 aliphatic heterocycles. The second-order valence-corrected chi connectivity index (χ2v) is 6.14. The van der Waals surface area contributed by atoms with E-state index < -0.39 is 5.97 Å². The van der Waals surface area contributed by atoms with Crippen molar-refractivity contribution < 1.29 is 9.53 Å². The lowest BCUT2D eigenvalue weighted by Crippen LogP contribution is -2.08. The molecule has 0 spiro atoms. The van der Waals surface area contributed by atoms with Crippen LogP contribution in [-0.4, -0.2) is 15.7 Å². The highest BCUT2D eigenvalue weighted by molar-refractivity contribution is 5.88. The van der Waals surface area contributed by atoms with Gasteiger partial charge < -0.3 is 4.74 Å². The zero-order valence-electron chi connectivity index (χ0n) is 15.1. The van der Waals surface area contributed by atoms with Crippen LogP contribution in [0.4, 0.5) is 0 Å². The summed E-state index contributed by atoms with van der Waals surface area (Å²) >= 11 is 0. The van der Waals surface area contributed by atoms with Crippen LogP contribution in [0.2, 0.25) is 0 Å². The maximum Gasteiger partial charge on any atom is 0.337 e. The molecule has 132 valence electrons. The second kappa shape index (κ2) is 8.30. The van der Waals surface area contributed by atoms with Crippen LogP contribution >= 0.6 is 0 Å². The van der Waals surface area contributed by atoms with Gasteiger partial charge in [0.25, 0.3) is 0 Å². The molecule has 0 saturated heterocycles. The van der Waals surface area contributed by atoms with Gasteiger partial charge in [0, 0.05) is 12.1 Å². The summed E-state index contributed by atoms with van der Waals surface area (Å²) in [4.78, 5) is 12.2. The molecule has 0 aliphatic rings. The number of rotatable bonds is 6. The average molecular weight is 346 g/mol. The Morgan fingerprint density at radius 3 is 2.54 bits per heavy atom. The lowest BCUT2D eigenvalue weighted by molar-refractivity contribution is -0.129. The van der Waals surface area contributed by atoms with Crippen molar-refractivity contribution in [2.75, 3.05) is 0 Å². The Hall–Kier alpha value is -3.14. The van der Waals surface area contributed by atoms with E-state index in [1.807, 2.05) is 67.6 Å². The van der Waals surface area contributed by atoms with E-state index in [1.54, 1.807) is 10.8 Å². The van der Waals surface area contributed by atoms with Gasteiger partial charge in [0.05, 0.1) is 11.4 Å². The van der Waals surface area contributed by atoms with Gasteiger partial charge in [0.1, 0.15) is 0 Å². The Labute approximate surface area is 153 Å². The van der Waals surface area contributed by atoms with Gasteiger partial charge in [0.15, 0.2) is 0 Å². The number of carbonyl (C=O) groups is 1. The monoisotopic (exact) mass is 346 g/mol. The molecule has 0 N–H and O–H groups in total. The standard InChI is InChI=1S/C22H22N2O2/c1-3-7-19-16-21(24(23-19)20-13-10-17(2)11-14-20)26-22(25)15-12-18-8-5-4-6-9-18/h4-6,8-16H,3,7H2,1-2H3/b15-12+. The molecule has 0 fully saturated rings. The van der Waals surface area contributed by atoms with Crippen LogP contribution in [0.1, 0.15) is 30.2 Å². The van der Waals surface area contributed by atoms with E-state index in [-0.39, 0.29) is 0 Å². The van der Waals surface area contributed by atoms with E-state index in [1.165, 1.54) is 11.6 Å². The summed E-state index contributed by atoms with van der Waals surface area (Å²) in [6, 6.07) is 19.4. The zero-order chi connectivity index (χ0) is 18.4. The predicted molar refractivity (Wildman–Crippen MR) is 103 cm³/mol. The molecule has 0 unspecified atom stereocenters. The Balaban J connectivity index is 1.82. The highest BCUT2D eigenvalue weighted by Crippen LogP contribution is 2.21. The lowest BCUT2D eigenvalue weighted by atomic mass is 10.2. The quantitative estimate of drug-likeness (QED) is 0.478. The number of aromatic nitrogens is 2. The maximum atomic E-state index is 12.2. The van der Waals surface area contributed by atoms with Crippen molar-refractivity contribution in [3.05, 3.63) is 83.6 Å². The Bertz CT molecular complexity index is 894. The first-order chi connectivity index (χ1) is 12.7. The number of esters is 1. The molecule has 3 rings (SSSR count). The molecule has 0 aliphatic carbocycles. The second-order valence-electron chi connectivity index (χ2n) is 6.14. The van der Waals surface area contributed by atoms with Crippen LogP contribution in [0.15, 0.2) is 66.7 Å². The lowest BCUT2D eigenvalue weighted by Gasteiger charge is -2.07. The van der Waals surface area contributed by atoms with Crippen LogP contribution in [0.25, 0.3) is 11.8 Å². The third-order valence-electron chi connectivity index (χ3n) is 3.93. The summed E-state index contributed by atoms with van der Waals surface area (Å²) in [6.07, 6.45) is 4.98. The van der Waals surface area contributed by atoms with E-state index in [2.05, 4.69) is 12.0 Å². The molecule has 1 aromatic heterocycles. The highest BCUT2D eigenvalue weighted by Gasteiger charge is 2.13. The van der Waals surface area contributed by atoms with Gasteiger partial charge in [0.2, 0.25) is 5.88 Å². The van der Waals surface area contributed by atoms with Gasteiger partial charge in [-0.15, -0.1) is 0 Å². The first-order valence-corrected chi connectivity index (χ1v) is 8.76. The third-order valence-corrected chi connectivity index (χ3v) is 3.93. The van der Waals surface area contributed by atoms with Crippen LogP contribution < -0.4 is 4.74 Å². The number of carbonyl (C=O) groups excluding carboxylic acids is 1. The van der Waals surface area contributed by atoms with Crippen LogP contribution in [0.5, 0.6) is 5.88 Å². The first-order valence-electron chi connectivity index (χ1n) is 8.76. The first kappa shape index (κ1) is 17.7. The minimum atomic E-state index is -0.426. The molecule has 1 heterocycles. The van der Waals surface area contributed by atoms with Gasteiger partial charge in [-0.05, 0) is 37.1 Å². The van der Waals surface area contributed by atoms with Gasteiger partial charge in [-0.25, -0.2) is 9.48 Å². The van der Waals surface area contributed by atoms with E-state index in [4.69, 9.17) is 4.74 Å². The van der Waals surface area contributed by atoms with Crippen molar-refractivity contribution in [3.8, 4) is 11.6 Å². The molecule has 4 heteroatoms. The topological polar surface area (TPSA) is 44.1 Å². The summed E-state index contributed by atoms with van der Waals surface area (Å²) in [5.74, 6) is 0.00479. The number of hydrogen-bond donors (Lipinski definition) is 0. The zero-order valence-corrected chi connectivity index (χ0v) is 15.1. The summed E-state index contributed by atoms with van der Waals surface area (Å²) in [7, 11) is 0. The van der Waals surface area contributed by atoms with Gasteiger partial charge in [-0.3, -0.25) is 0 Å². The van der Waals surface area contributed by atoms with Crippen LogP contribution in [0, 0.1) is 6.92 Å². The average Bonchev–Trinajstić information content (AvgIpc) is 3.04. The fraction of sp³-hybridized carbons (Fsp3) is 0.182. The Morgan fingerprint density at radius 2 is 1.85 bits per heavy atom. The summed E-state index contributed by atoms with van der Waals surface area (Å²) < 4.78 is 7.23. The Morgan fingerprint density at radius 1 is 1.12 bits per heavy atom. The number of ether oxygens (including phenoxy) is 1. The molecule has 0 amide bonds. The van der Waals surface area contributed by atoms with E-state index >= 15 is 0 Å². The summed E-state index contributed by atoms with van der Waals surface area (Å²) in [5.41, 5.74) is 3.89. The van der Waals surface area contributed by atoms with Crippen molar-refractivity contribution in [3.63, 3.8) is 0 Å². The molecular formula is C22H22N2O2. The molecular weight excluding hydrogens is 324 g/mol. The summed E-state index contributed by atoms with van der Waals surface area (Å²) in [5, 5.41) is 4.59. The number of benzene rings is 2. The molecule has 26 heavy (non-hydrogen) atoms. The van der Waals surface area contributed by atoms with Crippen LogP contribution in [0.3, 0.4) is 0 Å². The third kappa shape index (κ3) is 4.48. The van der Waals surface area contributed by atoms with E-state index in [0.29, 0.717) is 5.88 Å². The van der Waals surface area contributed by atoms with Crippen LogP contribution in [-0.2, 0) is 11.2 Å². The van der Waals surface area contributed by atoms with Gasteiger partial charge in [-0.2, -0.15) is 5.10 Å².